The van der Waals surface area contributed by atoms with Crippen LogP contribution in [0, 0.1) is 0 Å². The third kappa shape index (κ3) is 5.01. The molecule has 0 bridgehead atoms. The number of carboxylic acids is 1. The van der Waals surface area contributed by atoms with Crippen LogP contribution >= 0.6 is 0 Å². The summed E-state index contributed by atoms with van der Waals surface area (Å²) in [5.74, 6) is -0.744. The molecule has 0 aliphatic heterocycles. The van der Waals surface area contributed by atoms with Crippen LogP contribution in [0.3, 0.4) is 0 Å². The molecule has 0 heterocycles. The van der Waals surface area contributed by atoms with Crippen LogP contribution in [-0.4, -0.2) is 23.8 Å². The van der Waals surface area contributed by atoms with Crippen LogP contribution in [0.2, 0.25) is 0 Å². The average Bonchev–Trinajstić information content (AvgIpc) is 3.73. The molecule has 0 atom stereocenters. The Kier molecular flexibility index (Phi) is 6.54. The molecule has 5 nitrogen and oxygen atoms in total. The lowest BCUT2D eigenvalue weighted by Crippen LogP contribution is -2.19. The average molecular weight is 478 g/mol. The van der Waals surface area contributed by atoms with Gasteiger partial charge in [-0.1, -0.05) is 97.1 Å². The lowest BCUT2D eigenvalue weighted by molar-refractivity contribution is -0.140. The molecule has 1 aliphatic carbocycles. The molecule has 36 heavy (non-hydrogen) atoms. The predicted molar refractivity (Wildman–Crippen MR) is 141 cm³/mol. The van der Waals surface area contributed by atoms with Crippen LogP contribution in [0.1, 0.15) is 24.0 Å². The minimum Gasteiger partial charge on any atom is -0.481 e. The van der Waals surface area contributed by atoms with Crippen molar-refractivity contribution < 1.29 is 19.4 Å². The quantitative estimate of drug-likeness (QED) is 0.289. The number of rotatable bonds is 8. The zero-order valence-electron chi connectivity index (χ0n) is 19.8. The molecule has 5 heteroatoms. The summed E-state index contributed by atoms with van der Waals surface area (Å²) in [4.78, 5) is 24.0. The number of hydrogen-bond donors (Lipinski definition) is 2. The fraction of sp³-hybridized carbons (Fsp3) is 0.161. The van der Waals surface area contributed by atoms with E-state index in [1.807, 2.05) is 103 Å². The number of ether oxygens (including phenoxy) is 1. The highest BCUT2D eigenvalue weighted by Gasteiger charge is 2.51. The van der Waals surface area contributed by atoms with Crippen LogP contribution in [-0.2, 0) is 21.4 Å². The third-order valence-corrected chi connectivity index (χ3v) is 6.76. The van der Waals surface area contributed by atoms with Crippen molar-refractivity contribution in [2.45, 2.75) is 24.7 Å². The lowest BCUT2D eigenvalue weighted by Gasteiger charge is -2.13. The Bertz CT molecular complexity index is 1360. The zero-order valence-corrected chi connectivity index (χ0v) is 19.8. The van der Waals surface area contributed by atoms with E-state index in [0.717, 1.165) is 33.4 Å². The van der Waals surface area contributed by atoms with Crippen LogP contribution in [0.15, 0.2) is 103 Å². The maximum Gasteiger partial charge on any atom is 0.411 e. The zero-order chi connectivity index (χ0) is 25.0. The van der Waals surface area contributed by atoms with Gasteiger partial charge in [0.2, 0.25) is 0 Å². The molecular weight excluding hydrogens is 450 g/mol. The van der Waals surface area contributed by atoms with Crippen molar-refractivity contribution in [3.63, 3.8) is 0 Å². The molecule has 1 amide bonds. The number of para-hydroxylation sites is 1. The van der Waals surface area contributed by atoms with E-state index in [2.05, 4.69) is 5.32 Å². The number of nitrogens with one attached hydrogen (secondary N) is 1. The molecule has 1 aliphatic rings. The second-order valence-electron chi connectivity index (χ2n) is 9.08. The molecule has 0 spiro atoms. The van der Waals surface area contributed by atoms with E-state index < -0.39 is 17.5 Å². The van der Waals surface area contributed by atoms with Crippen LogP contribution < -0.4 is 5.32 Å². The first-order valence-electron chi connectivity index (χ1n) is 12.1. The minimum absolute atomic E-state index is 0.305. The Balaban J connectivity index is 1.25. The molecular formula is C31H27NO4. The molecule has 0 unspecified atom stereocenters. The van der Waals surface area contributed by atoms with Gasteiger partial charge in [0.25, 0.3) is 0 Å². The van der Waals surface area contributed by atoms with Gasteiger partial charge in [0.1, 0.15) is 0 Å². The van der Waals surface area contributed by atoms with E-state index in [0.29, 0.717) is 31.6 Å². The molecule has 0 saturated heterocycles. The van der Waals surface area contributed by atoms with E-state index in [1.54, 1.807) is 0 Å². The van der Waals surface area contributed by atoms with Crippen molar-refractivity contribution >= 4 is 17.7 Å². The summed E-state index contributed by atoms with van der Waals surface area (Å²) in [7, 11) is 0. The highest BCUT2D eigenvalue weighted by molar-refractivity contribution is 5.91. The standard InChI is InChI=1S/C31H27NO4/c33-29(34)31(19-20-31)26-16-14-24(15-17-26)23-10-12-25(13-11-23)27-8-4-5-9-28(27)32-30(35)36-21-18-22-6-2-1-3-7-22/h1-17H,18-21H2,(H,32,35)(H,33,34). The Labute approximate surface area is 210 Å². The minimum atomic E-state index is -0.744. The number of carbonyl (C=O) groups excluding carboxylic acids is 1. The van der Waals surface area contributed by atoms with E-state index >= 15 is 0 Å². The Morgan fingerprint density at radius 1 is 0.750 bits per heavy atom. The SMILES string of the molecule is O=C(Nc1ccccc1-c1ccc(-c2ccc(C3(C(=O)O)CC3)cc2)cc1)OCCc1ccccc1. The summed E-state index contributed by atoms with van der Waals surface area (Å²) in [5.41, 5.74) is 5.91. The lowest BCUT2D eigenvalue weighted by atomic mass is 9.93. The van der Waals surface area contributed by atoms with Crippen LogP contribution in [0.4, 0.5) is 10.5 Å². The van der Waals surface area contributed by atoms with E-state index in [1.165, 1.54) is 0 Å². The summed E-state index contributed by atoms with van der Waals surface area (Å²) in [5, 5.41) is 12.4. The highest BCUT2D eigenvalue weighted by atomic mass is 16.5. The van der Waals surface area contributed by atoms with Gasteiger partial charge >= 0.3 is 12.1 Å². The Morgan fingerprint density at radius 3 is 1.97 bits per heavy atom. The van der Waals surface area contributed by atoms with Crippen LogP contribution in [0.5, 0.6) is 0 Å². The molecule has 0 radical (unpaired) electrons. The Morgan fingerprint density at radius 2 is 1.33 bits per heavy atom. The molecule has 1 saturated carbocycles. The first-order chi connectivity index (χ1) is 17.5. The van der Waals surface area contributed by atoms with E-state index in [-0.39, 0.29) is 0 Å². The summed E-state index contributed by atoms with van der Waals surface area (Å²) < 4.78 is 5.38. The molecule has 5 rings (SSSR count). The number of hydrogen-bond acceptors (Lipinski definition) is 3. The normalized spacial score (nSPS) is 13.6. The first-order valence-corrected chi connectivity index (χ1v) is 12.1. The number of carboxylic acid groups (broad SMARTS) is 1. The third-order valence-electron chi connectivity index (χ3n) is 6.76. The maximum absolute atomic E-state index is 12.4. The fourth-order valence-electron chi connectivity index (χ4n) is 4.47. The number of anilines is 1. The summed E-state index contributed by atoms with van der Waals surface area (Å²) in [6.07, 6.45) is 1.58. The highest BCUT2D eigenvalue weighted by Crippen LogP contribution is 2.48. The van der Waals surface area contributed by atoms with Gasteiger partial charge in [-0.2, -0.15) is 0 Å². The van der Waals surface area contributed by atoms with Crippen molar-refractivity contribution in [2.75, 3.05) is 11.9 Å². The van der Waals surface area contributed by atoms with Crippen molar-refractivity contribution in [3.8, 4) is 22.3 Å². The fourth-order valence-corrected chi connectivity index (χ4v) is 4.47. The van der Waals surface area contributed by atoms with Gasteiger partial charge in [-0.3, -0.25) is 10.1 Å². The molecule has 180 valence electrons. The van der Waals surface area contributed by atoms with Crippen molar-refractivity contribution in [2.24, 2.45) is 0 Å². The monoisotopic (exact) mass is 477 g/mol. The maximum atomic E-state index is 12.4. The van der Waals surface area contributed by atoms with Gasteiger partial charge in [-0.15, -0.1) is 0 Å². The molecule has 1 fully saturated rings. The predicted octanol–water partition coefficient (Wildman–Crippen LogP) is 6.93. The van der Waals surface area contributed by atoms with Crippen molar-refractivity contribution in [1.82, 2.24) is 0 Å². The number of amides is 1. The Hall–Kier alpha value is -4.38. The van der Waals surface area contributed by atoms with Gasteiger partial charge in [0.15, 0.2) is 0 Å². The molecule has 0 aromatic heterocycles. The van der Waals surface area contributed by atoms with Gasteiger partial charge in [0.05, 0.1) is 17.7 Å². The van der Waals surface area contributed by atoms with Crippen molar-refractivity contribution in [3.05, 3.63) is 114 Å². The van der Waals surface area contributed by atoms with E-state index in [4.69, 9.17) is 4.74 Å². The van der Waals surface area contributed by atoms with Gasteiger partial charge in [-0.25, -0.2) is 4.79 Å². The first kappa shape index (κ1) is 23.4. The van der Waals surface area contributed by atoms with Gasteiger partial charge in [0, 0.05) is 12.0 Å². The van der Waals surface area contributed by atoms with Gasteiger partial charge < -0.3 is 9.84 Å². The largest absolute Gasteiger partial charge is 0.481 e. The second kappa shape index (κ2) is 10.1. The number of aliphatic carboxylic acids is 1. The van der Waals surface area contributed by atoms with E-state index in [9.17, 15) is 14.7 Å². The van der Waals surface area contributed by atoms with Gasteiger partial charge in [-0.05, 0) is 46.7 Å². The second-order valence-corrected chi connectivity index (χ2v) is 9.08. The topological polar surface area (TPSA) is 75.6 Å². The summed E-state index contributed by atoms with van der Waals surface area (Å²) in [6, 6.07) is 33.4. The van der Waals surface area contributed by atoms with Crippen LogP contribution in [0.25, 0.3) is 22.3 Å². The summed E-state index contributed by atoms with van der Waals surface area (Å²) >= 11 is 0. The number of carbonyl (C=O) groups is 2. The smallest absolute Gasteiger partial charge is 0.411 e. The molecule has 2 N–H and O–H groups in total. The molecule has 4 aromatic rings. The number of benzene rings is 4. The molecule has 4 aromatic carbocycles. The van der Waals surface area contributed by atoms with Crippen molar-refractivity contribution in [1.29, 1.82) is 0 Å². The summed E-state index contributed by atoms with van der Waals surface area (Å²) in [6.45, 7) is 0.305.